The average Bonchev–Trinajstić information content (AvgIpc) is 3.96. The first-order valence-corrected chi connectivity index (χ1v) is 27.5. The highest BCUT2D eigenvalue weighted by Crippen LogP contribution is 2.64. The van der Waals surface area contributed by atoms with Crippen LogP contribution in [0.25, 0.3) is 64.4 Å². The van der Waals surface area contributed by atoms with Crippen molar-refractivity contribution < 1.29 is 4.42 Å². The zero-order valence-corrected chi connectivity index (χ0v) is 44.8. The summed E-state index contributed by atoms with van der Waals surface area (Å²) in [7, 11) is 0. The van der Waals surface area contributed by atoms with E-state index in [1.54, 1.807) is 5.56 Å². The molecule has 0 radical (unpaired) electrons. The fourth-order valence-corrected chi connectivity index (χ4v) is 15.8. The summed E-state index contributed by atoms with van der Waals surface area (Å²) in [5.41, 5.74) is 22.4. The standard InChI is InChI=1S/C66H67BN2OS/c1-61(2,3)39-24-25-51(42(30-39)38-20-14-13-15-21-38)68-52-37-56-44(43-33-47-48(36-55(43)71-56)64(9,10)29-28-63(47,7)8)34-50(52)67-58-45(35-54-57(60(58)68)41-22-16-17-23-53(41)70-54)46-31-40(62(4,5)6)32-49-59(46)69(67)66(12)27-19-18-26-65(49,66)11/h13-17,20-25,30-37H,18-19,26-29H2,1-12H3. The van der Waals surface area contributed by atoms with Crippen molar-refractivity contribution in [2.45, 2.75) is 154 Å². The zero-order valence-electron chi connectivity index (χ0n) is 44.0. The fraction of sp³-hybridized carbons (Fsp3) is 0.364. The largest absolute Gasteiger partial charge is 0.456 e. The minimum Gasteiger partial charge on any atom is -0.456 e. The van der Waals surface area contributed by atoms with E-state index in [0.29, 0.717) is 0 Å². The van der Waals surface area contributed by atoms with Gasteiger partial charge in [-0.2, -0.15) is 0 Å². The van der Waals surface area contributed by atoms with Gasteiger partial charge in [0.2, 0.25) is 0 Å². The van der Waals surface area contributed by atoms with Gasteiger partial charge in [0, 0.05) is 59.0 Å². The third kappa shape index (κ3) is 5.79. The maximum atomic E-state index is 7.14. The highest BCUT2D eigenvalue weighted by Gasteiger charge is 2.63. The SMILES string of the molecule is CC(C)(C)c1ccc(N2c3cc4sc5cc6c(cc5c4cc3B3c4c(cc5oc7ccccc7c5c42)-c2cc(C(C)(C)C)cc4c2N3C2(C)CCCCC42C)C(C)(C)CCC6(C)C)c(-c2ccccc2)c1. The van der Waals surface area contributed by atoms with E-state index in [9.17, 15) is 0 Å². The van der Waals surface area contributed by atoms with Crippen LogP contribution in [0, 0.1) is 0 Å². The second kappa shape index (κ2) is 14.0. The Morgan fingerprint density at radius 1 is 0.535 bits per heavy atom. The van der Waals surface area contributed by atoms with Crippen LogP contribution in [-0.4, -0.2) is 12.4 Å². The molecule has 0 spiro atoms. The maximum absolute atomic E-state index is 7.14. The van der Waals surface area contributed by atoms with E-state index >= 15 is 0 Å². The van der Waals surface area contributed by atoms with Gasteiger partial charge in [0.1, 0.15) is 11.2 Å². The van der Waals surface area contributed by atoms with Crippen molar-refractivity contribution >= 4 is 94.0 Å². The molecule has 1 fully saturated rings. The molecule has 5 heteroatoms. The molecular formula is C66H67BN2OS. The van der Waals surface area contributed by atoms with E-state index < -0.39 is 0 Å². The molecule has 2 unspecified atom stereocenters. The summed E-state index contributed by atoms with van der Waals surface area (Å²) in [6.07, 6.45) is 7.25. The molecule has 1 saturated carbocycles. The quantitative estimate of drug-likeness (QED) is 0.161. The molecule has 0 N–H and O–H groups in total. The lowest BCUT2D eigenvalue weighted by Gasteiger charge is -2.55. The summed E-state index contributed by atoms with van der Waals surface area (Å²) in [6.45, 7) is 29.4. The Labute approximate surface area is 425 Å². The van der Waals surface area contributed by atoms with E-state index in [1.807, 2.05) is 11.3 Å². The van der Waals surface area contributed by atoms with Gasteiger partial charge in [-0.3, -0.25) is 0 Å². The summed E-state index contributed by atoms with van der Waals surface area (Å²) >= 11 is 1.99. The molecule has 2 atom stereocenters. The predicted molar refractivity (Wildman–Crippen MR) is 307 cm³/mol. The lowest BCUT2D eigenvalue weighted by Crippen LogP contribution is -2.70. The van der Waals surface area contributed by atoms with Crippen LogP contribution in [-0.2, 0) is 27.1 Å². The number of fused-ring (bicyclic) bond motifs is 15. The topological polar surface area (TPSA) is 19.6 Å². The molecule has 3 aliphatic heterocycles. The van der Waals surface area contributed by atoms with Gasteiger partial charge in [0.05, 0.1) is 16.8 Å². The lowest BCUT2D eigenvalue weighted by molar-refractivity contribution is 0.199. The molecule has 0 saturated heterocycles. The minimum atomic E-state index is -0.116. The normalized spacial score (nSPS) is 21.7. The van der Waals surface area contributed by atoms with Crippen molar-refractivity contribution in [2.24, 2.45) is 0 Å². The third-order valence-electron chi connectivity index (χ3n) is 19.2. The van der Waals surface area contributed by atoms with Crippen molar-refractivity contribution in [1.29, 1.82) is 0 Å². The molecule has 71 heavy (non-hydrogen) atoms. The summed E-state index contributed by atoms with van der Waals surface area (Å²) < 4.78 is 9.90. The second-order valence-electron chi connectivity index (χ2n) is 26.3. The molecule has 5 heterocycles. The van der Waals surface area contributed by atoms with E-state index in [1.165, 1.54) is 141 Å². The van der Waals surface area contributed by atoms with Crippen LogP contribution in [0.15, 0.2) is 120 Å². The van der Waals surface area contributed by atoms with Crippen LogP contribution in [0.5, 0.6) is 0 Å². The van der Waals surface area contributed by atoms with Crippen LogP contribution < -0.4 is 20.6 Å². The highest BCUT2D eigenvalue weighted by molar-refractivity contribution is 7.26. The average molecular weight is 947 g/mol. The van der Waals surface area contributed by atoms with Gasteiger partial charge in [-0.25, -0.2) is 0 Å². The van der Waals surface area contributed by atoms with Crippen LogP contribution in [0.3, 0.4) is 0 Å². The number of benzene rings is 7. The predicted octanol–water partition coefficient (Wildman–Crippen LogP) is 17.5. The lowest BCUT2D eigenvalue weighted by atomic mass is 9.42. The molecule has 3 nitrogen and oxygen atoms in total. The zero-order chi connectivity index (χ0) is 49.1. The molecule has 14 rings (SSSR count). The van der Waals surface area contributed by atoms with Crippen molar-refractivity contribution in [3.8, 4) is 22.3 Å². The monoisotopic (exact) mass is 947 g/mol. The van der Waals surface area contributed by atoms with E-state index in [4.69, 9.17) is 4.42 Å². The Morgan fingerprint density at radius 2 is 1.20 bits per heavy atom. The Hall–Kier alpha value is -5.78. The van der Waals surface area contributed by atoms with Gasteiger partial charge in [-0.05, 0) is 153 Å². The first-order valence-electron chi connectivity index (χ1n) is 26.7. The van der Waals surface area contributed by atoms with Gasteiger partial charge in [0.15, 0.2) is 0 Å². The summed E-state index contributed by atoms with van der Waals surface area (Å²) in [5.74, 6) is 0. The maximum Gasteiger partial charge on any atom is 0.328 e. The van der Waals surface area contributed by atoms with Crippen LogP contribution in [0.2, 0.25) is 0 Å². The first-order chi connectivity index (χ1) is 33.7. The molecule has 9 aromatic rings. The van der Waals surface area contributed by atoms with Crippen molar-refractivity contribution in [3.05, 3.63) is 143 Å². The number of para-hydroxylation sites is 1. The minimum absolute atomic E-state index is 0.0256. The Kier molecular flexibility index (Phi) is 8.69. The Morgan fingerprint density at radius 3 is 1.94 bits per heavy atom. The van der Waals surface area contributed by atoms with Gasteiger partial charge >= 0.3 is 6.85 Å². The fourth-order valence-electron chi connectivity index (χ4n) is 14.7. The van der Waals surface area contributed by atoms with Gasteiger partial charge in [-0.15, -0.1) is 11.3 Å². The van der Waals surface area contributed by atoms with Gasteiger partial charge < -0.3 is 14.1 Å². The number of furan rings is 1. The van der Waals surface area contributed by atoms with E-state index in [-0.39, 0.29) is 39.5 Å². The Bertz CT molecular complexity index is 3800. The van der Waals surface area contributed by atoms with Crippen molar-refractivity contribution in [1.82, 2.24) is 0 Å². The first kappa shape index (κ1) is 44.0. The molecule has 2 aliphatic carbocycles. The van der Waals surface area contributed by atoms with Crippen LogP contribution in [0.4, 0.5) is 22.7 Å². The van der Waals surface area contributed by atoms with E-state index in [0.717, 1.165) is 17.6 Å². The smallest absolute Gasteiger partial charge is 0.328 e. The molecule has 0 bridgehead atoms. The molecular weight excluding hydrogens is 880 g/mol. The molecule has 0 amide bonds. The number of hydrogen-bond acceptors (Lipinski definition) is 4. The van der Waals surface area contributed by atoms with Gasteiger partial charge in [0.25, 0.3) is 0 Å². The Balaban J connectivity index is 1.18. The number of anilines is 4. The third-order valence-corrected chi connectivity index (χ3v) is 20.3. The summed E-state index contributed by atoms with van der Waals surface area (Å²) in [4.78, 5) is 5.75. The van der Waals surface area contributed by atoms with Crippen LogP contribution in [0.1, 0.15) is 149 Å². The second-order valence-corrected chi connectivity index (χ2v) is 27.4. The molecule has 356 valence electrons. The number of thiophene rings is 1. The molecule has 2 aromatic heterocycles. The van der Waals surface area contributed by atoms with Crippen molar-refractivity contribution in [3.63, 3.8) is 0 Å². The number of rotatable bonds is 2. The van der Waals surface area contributed by atoms with Gasteiger partial charge in [-0.1, -0.05) is 156 Å². The molecule has 7 aromatic carbocycles. The number of nitrogens with zero attached hydrogens (tertiary/aromatic N) is 2. The summed E-state index contributed by atoms with van der Waals surface area (Å²) in [5, 5.41) is 5.17. The molecule has 5 aliphatic rings. The summed E-state index contributed by atoms with van der Waals surface area (Å²) in [6, 6.07) is 45.6. The van der Waals surface area contributed by atoms with E-state index in [2.05, 4.69) is 208 Å². The highest BCUT2D eigenvalue weighted by atomic mass is 32.1. The van der Waals surface area contributed by atoms with Crippen molar-refractivity contribution in [2.75, 3.05) is 9.71 Å². The number of hydrogen-bond donors (Lipinski definition) is 0. The van der Waals surface area contributed by atoms with Crippen LogP contribution >= 0.6 is 11.3 Å².